The Morgan fingerprint density at radius 3 is 1.57 bits per heavy atom. The van der Waals surface area contributed by atoms with Crippen molar-refractivity contribution in [2.45, 2.75) is 69.1 Å². The quantitative estimate of drug-likeness (QED) is 0.0704. The Labute approximate surface area is 272 Å². The van der Waals surface area contributed by atoms with Gasteiger partial charge in [-0.25, -0.2) is 0 Å². The molecule has 4 rings (SSSR count). The van der Waals surface area contributed by atoms with Crippen molar-refractivity contribution < 1.29 is 24.2 Å². The summed E-state index contributed by atoms with van der Waals surface area (Å²) in [7, 11) is -3.69. The fraction of sp³-hybridized carbons (Fsp3) is 0.389. The van der Waals surface area contributed by atoms with Crippen molar-refractivity contribution in [3.8, 4) is 6.07 Å². The van der Waals surface area contributed by atoms with Crippen LogP contribution in [0.25, 0.3) is 0 Å². The number of nitrogens with zero attached hydrogens (tertiary/aromatic N) is 3. The molecular formula is C36H47N4O5P. The predicted octanol–water partition coefficient (Wildman–Crippen LogP) is 5.98. The first-order chi connectivity index (χ1) is 21.9. The summed E-state index contributed by atoms with van der Waals surface area (Å²) in [6, 6.07) is 30.3. The van der Waals surface area contributed by atoms with Crippen molar-refractivity contribution in [2.24, 2.45) is 0 Å². The molecule has 1 heterocycles. The zero-order valence-corrected chi connectivity index (χ0v) is 28.4. The molecule has 10 heteroatoms. The molecule has 0 bridgehead atoms. The van der Waals surface area contributed by atoms with Crippen LogP contribution in [0.2, 0.25) is 0 Å². The van der Waals surface area contributed by atoms with Crippen LogP contribution in [-0.4, -0.2) is 73.1 Å². The topological polar surface area (TPSA) is 135 Å². The zero-order chi connectivity index (χ0) is 33.7. The number of nitrogens with one attached hydrogen (secondary N) is 1. The molecule has 1 unspecified atom stereocenters. The number of hydrogen-bond acceptors (Lipinski definition) is 8. The molecule has 9 nitrogen and oxygen atoms in total. The Kier molecular flexibility index (Phi) is 10.6. The second kappa shape index (κ2) is 13.7. The molecule has 46 heavy (non-hydrogen) atoms. The van der Waals surface area contributed by atoms with Crippen LogP contribution in [0.3, 0.4) is 0 Å². The number of H-pyrrole nitrogens is 1. The first-order valence-corrected chi connectivity index (χ1v) is 17.9. The van der Waals surface area contributed by atoms with Crippen LogP contribution in [0.15, 0.2) is 103 Å². The minimum atomic E-state index is -6.21. The Hall–Kier alpha value is -3.45. The number of nitriles is 1. The average molecular weight is 647 g/mol. The van der Waals surface area contributed by atoms with E-state index in [4.69, 9.17) is 9.47 Å². The standard InChI is InChI=1S/C36H47N4O5P/c1-28(2)40(29(3)4)34(27-37,36(44-5,45-6)46(41,42,43)26-16-23-33-38-24-25-39-33)35(30-17-10-7-11-18-30,31-19-12-8-13-20-31)32-21-14-9-15-22-32/h7-15,17-22,24-25,28-29,41-43H,16,23,26H2,1-6H3,(H,38,39). The number of ether oxygens (including phenoxy) is 2. The van der Waals surface area contributed by atoms with Gasteiger partial charge in [0.15, 0.2) is 0 Å². The number of aryl methyl sites for hydroxylation is 1. The summed E-state index contributed by atoms with van der Waals surface area (Å²) in [6.07, 6.45) is 3.20. The molecule has 3 aromatic carbocycles. The molecule has 0 aliphatic carbocycles. The van der Waals surface area contributed by atoms with E-state index in [0.29, 0.717) is 28.9 Å². The van der Waals surface area contributed by atoms with Crippen molar-refractivity contribution in [1.82, 2.24) is 14.9 Å². The van der Waals surface area contributed by atoms with Crippen LogP contribution in [-0.2, 0) is 21.3 Å². The van der Waals surface area contributed by atoms with E-state index in [1.165, 1.54) is 14.2 Å². The number of aromatic amines is 1. The normalized spacial score (nSPS) is 15.0. The van der Waals surface area contributed by atoms with E-state index in [0.717, 1.165) is 0 Å². The number of aromatic nitrogens is 2. The van der Waals surface area contributed by atoms with Crippen LogP contribution in [0.5, 0.6) is 0 Å². The maximum absolute atomic E-state index is 12.6. The Balaban J connectivity index is 2.27. The number of imidazole rings is 1. The van der Waals surface area contributed by atoms with Gasteiger partial charge in [-0.3, -0.25) is 0 Å². The molecule has 0 spiro atoms. The fourth-order valence-corrected chi connectivity index (χ4v) is 10.4. The third-order valence-corrected chi connectivity index (χ3v) is 12.0. The van der Waals surface area contributed by atoms with E-state index < -0.39 is 29.9 Å². The van der Waals surface area contributed by atoms with Gasteiger partial charge in [0, 0.05) is 0 Å². The van der Waals surface area contributed by atoms with E-state index in [9.17, 15) is 19.9 Å². The number of methoxy groups -OCH3 is 2. The van der Waals surface area contributed by atoms with Gasteiger partial charge in [-0.05, 0) is 0 Å². The van der Waals surface area contributed by atoms with Crippen LogP contribution < -0.4 is 0 Å². The fourth-order valence-electron chi connectivity index (χ4n) is 7.57. The molecule has 4 N–H and O–H groups in total. The van der Waals surface area contributed by atoms with Crippen LogP contribution in [0, 0.1) is 11.3 Å². The van der Waals surface area contributed by atoms with Crippen molar-refractivity contribution in [3.63, 3.8) is 0 Å². The Morgan fingerprint density at radius 1 is 0.804 bits per heavy atom. The van der Waals surface area contributed by atoms with Crippen LogP contribution in [0.1, 0.15) is 56.6 Å². The molecule has 0 aliphatic rings. The maximum atomic E-state index is 12.6. The molecule has 1 atom stereocenters. The molecule has 0 amide bonds. The van der Waals surface area contributed by atoms with E-state index >= 15 is 0 Å². The summed E-state index contributed by atoms with van der Waals surface area (Å²) in [5, 5.41) is 12.0. The molecular weight excluding hydrogens is 599 g/mol. The summed E-state index contributed by atoms with van der Waals surface area (Å²) < 4.78 is 12.5. The number of hydrogen-bond donors (Lipinski definition) is 4. The van der Waals surface area contributed by atoms with Crippen molar-refractivity contribution >= 4 is 7.28 Å². The Bertz CT molecular complexity index is 1460. The van der Waals surface area contributed by atoms with Gasteiger partial charge in [-0.15, -0.1) is 0 Å². The SMILES string of the molecule is COC(OC)(C(C#N)(N(C(C)C)C(C)C)C(c1ccccc1)(c1ccccc1)c1ccccc1)P(O)(O)(O)CCCc1ncc[nH]1. The summed E-state index contributed by atoms with van der Waals surface area (Å²) in [5.74, 6) is 0.622. The number of benzene rings is 3. The third-order valence-electron chi connectivity index (χ3n) is 8.98. The predicted molar refractivity (Wildman–Crippen MR) is 182 cm³/mol. The van der Waals surface area contributed by atoms with Gasteiger partial charge < -0.3 is 0 Å². The van der Waals surface area contributed by atoms with Gasteiger partial charge in [-0.2, -0.15) is 0 Å². The zero-order valence-electron chi connectivity index (χ0n) is 27.5. The molecule has 0 aliphatic heterocycles. The van der Waals surface area contributed by atoms with E-state index in [2.05, 4.69) is 16.0 Å². The minimum absolute atomic E-state index is 0.114. The molecule has 1 aromatic heterocycles. The Morgan fingerprint density at radius 2 is 1.24 bits per heavy atom. The van der Waals surface area contributed by atoms with E-state index in [-0.39, 0.29) is 18.5 Å². The molecule has 0 saturated heterocycles. The molecule has 0 saturated carbocycles. The molecule has 0 fully saturated rings. The van der Waals surface area contributed by atoms with E-state index in [1.807, 2.05) is 124 Å². The third kappa shape index (κ3) is 5.59. The summed E-state index contributed by atoms with van der Waals surface area (Å²) in [4.78, 5) is 46.9. The monoisotopic (exact) mass is 646 g/mol. The van der Waals surface area contributed by atoms with Gasteiger partial charge in [0.25, 0.3) is 0 Å². The second-order valence-corrected chi connectivity index (χ2v) is 15.6. The summed E-state index contributed by atoms with van der Waals surface area (Å²) >= 11 is 0. The first-order valence-electron chi connectivity index (χ1n) is 15.6. The summed E-state index contributed by atoms with van der Waals surface area (Å²) in [6.45, 7) is 7.75. The van der Waals surface area contributed by atoms with Crippen molar-refractivity contribution in [3.05, 3.63) is 126 Å². The molecule has 246 valence electrons. The molecule has 4 aromatic rings. The van der Waals surface area contributed by atoms with Gasteiger partial charge >= 0.3 is 273 Å². The van der Waals surface area contributed by atoms with Gasteiger partial charge in [0.05, 0.1) is 0 Å². The van der Waals surface area contributed by atoms with Crippen molar-refractivity contribution in [1.29, 1.82) is 5.26 Å². The van der Waals surface area contributed by atoms with Gasteiger partial charge in [0.1, 0.15) is 0 Å². The van der Waals surface area contributed by atoms with Crippen LogP contribution >= 0.6 is 7.28 Å². The van der Waals surface area contributed by atoms with Gasteiger partial charge in [-0.1, -0.05) is 0 Å². The average Bonchev–Trinajstić information content (AvgIpc) is 3.56. The second-order valence-electron chi connectivity index (χ2n) is 12.3. The first kappa shape index (κ1) is 35.4. The number of rotatable bonds is 15. The van der Waals surface area contributed by atoms with Gasteiger partial charge in [0.2, 0.25) is 0 Å². The molecule has 0 radical (unpaired) electrons. The van der Waals surface area contributed by atoms with Crippen molar-refractivity contribution in [2.75, 3.05) is 20.4 Å². The van der Waals surface area contributed by atoms with Crippen LogP contribution in [0.4, 0.5) is 0 Å². The van der Waals surface area contributed by atoms with E-state index in [1.54, 1.807) is 12.4 Å². The summed E-state index contributed by atoms with van der Waals surface area (Å²) in [5.41, 5.74) is -4.41.